The summed E-state index contributed by atoms with van der Waals surface area (Å²) in [5, 5.41) is 2.92. The zero-order valence-electron chi connectivity index (χ0n) is 14.3. The van der Waals surface area contributed by atoms with E-state index in [4.69, 9.17) is 0 Å². The Labute approximate surface area is 142 Å². The molecule has 1 aliphatic rings. The molecule has 2 aromatic carbocycles. The Morgan fingerprint density at radius 3 is 2.58 bits per heavy atom. The quantitative estimate of drug-likeness (QED) is 0.938. The highest BCUT2D eigenvalue weighted by Gasteiger charge is 2.35. The molecule has 0 unspecified atom stereocenters. The van der Waals surface area contributed by atoms with Crippen LogP contribution in [0.15, 0.2) is 42.5 Å². The third-order valence-electron chi connectivity index (χ3n) is 4.58. The Kier molecular flexibility index (Phi) is 4.38. The van der Waals surface area contributed by atoms with Crippen molar-refractivity contribution in [2.45, 2.75) is 27.2 Å². The molecule has 0 aliphatic carbocycles. The SMILES string of the molecule is Cc1cccc(NC(=O)[C@@H]2CC(=O)N(c3ccc(C)c(C)c3)C2)c1. The number of hydrogen-bond acceptors (Lipinski definition) is 2. The fourth-order valence-corrected chi connectivity index (χ4v) is 2.99. The summed E-state index contributed by atoms with van der Waals surface area (Å²) in [5.74, 6) is -0.414. The van der Waals surface area contributed by atoms with Crippen LogP contribution < -0.4 is 10.2 Å². The van der Waals surface area contributed by atoms with Crippen molar-refractivity contribution in [3.8, 4) is 0 Å². The number of carbonyl (C=O) groups excluding carboxylic acids is 2. The third-order valence-corrected chi connectivity index (χ3v) is 4.58. The lowest BCUT2D eigenvalue weighted by molar-refractivity contribution is -0.122. The summed E-state index contributed by atoms with van der Waals surface area (Å²) in [6.45, 7) is 6.49. The molecule has 1 N–H and O–H groups in total. The van der Waals surface area contributed by atoms with Crippen molar-refractivity contribution in [1.29, 1.82) is 0 Å². The number of nitrogens with one attached hydrogen (secondary N) is 1. The molecule has 4 nitrogen and oxygen atoms in total. The molecule has 0 aromatic heterocycles. The summed E-state index contributed by atoms with van der Waals surface area (Å²) in [7, 11) is 0. The van der Waals surface area contributed by atoms with Crippen LogP contribution in [0.1, 0.15) is 23.1 Å². The number of benzene rings is 2. The molecular weight excluding hydrogens is 300 g/mol. The number of hydrogen-bond donors (Lipinski definition) is 1. The van der Waals surface area contributed by atoms with Crippen LogP contribution in [0.25, 0.3) is 0 Å². The van der Waals surface area contributed by atoms with Crippen molar-refractivity contribution in [1.82, 2.24) is 0 Å². The predicted octanol–water partition coefficient (Wildman–Crippen LogP) is 3.60. The molecule has 0 bridgehead atoms. The van der Waals surface area contributed by atoms with Crippen LogP contribution in [0.3, 0.4) is 0 Å². The van der Waals surface area contributed by atoms with E-state index in [2.05, 4.69) is 5.32 Å². The molecular formula is C20H22N2O2. The molecule has 1 fully saturated rings. The maximum atomic E-state index is 12.5. The summed E-state index contributed by atoms with van der Waals surface area (Å²) < 4.78 is 0. The van der Waals surface area contributed by atoms with Crippen molar-refractivity contribution in [2.75, 3.05) is 16.8 Å². The molecule has 1 saturated heterocycles. The van der Waals surface area contributed by atoms with Crippen LogP contribution in [0.2, 0.25) is 0 Å². The molecule has 0 saturated carbocycles. The Hall–Kier alpha value is -2.62. The first-order chi connectivity index (χ1) is 11.4. The van der Waals surface area contributed by atoms with E-state index in [0.29, 0.717) is 6.54 Å². The predicted molar refractivity (Wildman–Crippen MR) is 96.2 cm³/mol. The number of rotatable bonds is 3. The fraction of sp³-hybridized carbons (Fsp3) is 0.300. The average Bonchev–Trinajstić information content (AvgIpc) is 2.92. The number of carbonyl (C=O) groups is 2. The Morgan fingerprint density at radius 1 is 1.08 bits per heavy atom. The van der Waals surface area contributed by atoms with Gasteiger partial charge >= 0.3 is 0 Å². The molecule has 1 heterocycles. The highest BCUT2D eigenvalue weighted by molar-refractivity contribution is 6.03. The van der Waals surface area contributed by atoms with Crippen LogP contribution >= 0.6 is 0 Å². The first-order valence-electron chi connectivity index (χ1n) is 8.19. The van der Waals surface area contributed by atoms with Crippen molar-refractivity contribution in [3.05, 3.63) is 59.2 Å². The van der Waals surface area contributed by atoms with E-state index >= 15 is 0 Å². The molecule has 2 amide bonds. The van der Waals surface area contributed by atoms with Gasteiger partial charge in [0.25, 0.3) is 0 Å². The van der Waals surface area contributed by atoms with Crippen LogP contribution in [0.5, 0.6) is 0 Å². The van der Waals surface area contributed by atoms with E-state index in [1.165, 1.54) is 5.56 Å². The van der Waals surface area contributed by atoms with E-state index < -0.39 is 0 Å². The third kappa shape index (κ3) is 3.32. The Balaban J connectivity index is 1.72. The number of amides is 2. The van der Waals surface area contributed by atoms with E-state index in [1.54, 1.807) is 4.90 Å². The van der Waals surface area contributed by atoms with E-state index in [9.17, 15) is 9.59 Å². The maximum absolute atomic E-state index is 12.5. The van der Waals surface area contributed by atoms with Crippen molar-refractivity contribution in [3.63, 3.8) is 0 Å². The van der Waals surface area contributed by atoms with Crippen LogP contribution in [-0.2, 0) is 9.59 Å². The van der Waals surface area contributed by atoms with Gasteiger partial charge in [-0.05, 0) is 61.7 Å². The van der Waals surface area contributed by atoms with Crippen molar-refractivity contribution in [2.24, 2.45) is 5.92 Å². The second-order valence-electron chi connectivity index (χ2n) is 6.53. The Morgan fingerprint density at radius 2 is 1.88 bits per heavy atom. The normalized spacial score (nSPS) is 17.2. The minimum absolute atomic E-state index is 0.00245. The van der Waals surface area contributed by atoms with Crippen LogP contribution in [0, 0.1) is 26.7 Å². The summed E-state index contributed by atoms with van der Waals surface area (Å²) >= 11 is 0. The topological polar surface area (TPSA) is 49.4 Å². The fourth-order valence-electron chi connectivity index (χ4n) is 2.99. The van der Waals surface area contributed by atoms with Gasteiger partial charge in [0.05, 0.1) is 5.92 Å². The largest absolute Gasteiger partial charge is 0.326 e. The van der Waals surface area contributed by atoms with Gasteiger partial charge in [0, 0.05) is 24.3 Å². The molecule has 24 heavy (non-hydrogen) atoms. The van der Waals surface area contributed by atoms with Gasteiger partial charge in [0.1, 0.15) is 0 Å². The molecule has 3 rings (SSSR count). The second kappa shape index (κ2) is 6.48. The van der Waals surface area contributed by atoms with Crippen LogP contribution in [0.4, 0.5) is 11.4 Å². The second-order valence-corrected chi connectivity index (χ2v) is 6.53. The molecule has 4 heteroatoms. The molecule has 0 spiro atoms. The standard InChI is InChI=1S/C20H22N2O2/c1-13-5-4-6-17(9-13)21-20(24)16-11-19(23)22(12-16)18-8-7-14(2)15(3)10-18/h4-10,16H,11-12H2,1-3H3,(H,21,24)/t16-/m1/s1. The lowest BCUT2D eigenvalue weighted by Crippen LogP contribution is -2.28. The lowest BCUT2D eigenvalue weighted by Gasteiger charge is -2.18. The summed E-state index contributed by atoms with van der Waals surface area (Å²) in [6, 6.07) is 13.6. The minimum atomic E-state index is -0.320. The molecule has 2 aromatic rings. The van der Waals surface area contributed by atoms with Gasteiger partial charge < -0.3 is 10.2 Å². The van der Waals surface area contributed by atoms with Gasteiger partial charge in [-0.25, -0.2) is 0 Å². The molecule has 1 atom stereocenters. The summed E-state index contributed by atoms with van der Waals surface area (Å²) in [6.07, 6.45) is 0.255. The highest BCUT2D eigenvalue weighted by atomic mass is 16.2. The van der Waals surface area contributed by atoms with Gasteiger partial charge in [0.2, 0.25) is 11.8 Å². The lowest BCUT2D eigenvalue weighted by atomic mass is 10.1. The first kappa shape index (κ1) is 16.2. The molecule has 124 valence electrons. The first-order valence-corrected chi connectivity index (χ1v) is 8.19. The minimum Gasteiger partial charge on any atom is -0.326 e. The molecule has 1 aliphatic heterocycles. The smallest absolute Gasteiger partial charge is 0.229 e. The van der Waals surface area contributed by atoms with E-state index in [1.807, 2.05) is 63.2 Å². The number of aryl methyl sites for hydroxylation is 3. The molecule has 0 radical (unpaired) electrons. The van der Waals surface area contributed by atoms with Gasteiger partial charge in [-0.3, -0.25) is 9.59 Å². The van der Waals surface area contributed by atoms with Gasteiger partial charge in [-0.1, -0.05) is 18.2 Å². The zero-order valence-corrected chi connectivity index (χ0v) is 14.3. The van der Waals surface area contributed by atoms with Gasteiger partial charge in [0.15, 0.2) is 0 Å². The number of anilines is 2. The van der Waals surface area contributed by atoms with Crippen molar-refractivity contribution < 1.29 is 9.59 Å². The van der Waals surface area contributed by atoms with E-state index in [-0.39, 0.29) is 24.2 Å². The average molecular weight is 322 g/mol. The Bertz CT molecular complexity index is 798. The maximum Gasteiger partial charge on any atom is 0.229 e. The number of nitrogens with zero attached hydrogens (tertiary/aromatic N) is 1. The zero-order chi connectivity index (χ0) is 17.3. The highest BCUT2D eigenvalue weighted by Crippen LogP contribution is 2.27. The van der Waals surface area contributed by atoms with Crippen LogP contribution in [-0.4, -0.2) is 18.4 Å². The summed E-state index contributed by atoms with van der Waals surface area (Å²) in [4.78, 5) is 26.5. The monoisotopic (exact) mass is 322 g/mol. The van der Waals surface area contributed by atoms with Crippen molar-refractivity contribution >= 4 is 23.2 Å². The van der Waals surface area contributed by atoms with E-state index in [0.717, 1.165) is 22.5 Å². The summed E-state index contributed by atoms with van der Waals surface area (Å²) in [5.41, 5.74) is 5.07. The van der Waals surface area contributed by atoms with Gasteiger partial charge in [-0.2, -0.15) is 0 Å². The van der Waals surface area contributed by atoms with Gasteiger partial charge in [-0.15, -0.1) is 0 Å².